The number of halogens is 1. The van der Waals surface area contributed by atoms with E-state index in [9.17, 15) is 0 Å². The molecule has 0 aliphatic carbocycles. The highest BCUT2D eigenvalue weighted by Gasteiger charge is 2.33. The second kappa shape index (κ2) is 8.39. The highest BCUT2D eigenvalue weighted by Crippen LogP contribution is 2.40. The second-order valence-electron chi connectivity index (χ2n) is 7.11. The molecule has 3 N–H and O–H groups in total. The van der Waals surface area contributed by atoms with Gasteiger partial charge in [0, 0.05) is 46.8 Å². The first-order chi connectivity index (χ1) is 13.1. The van der Waals surface area contributed by atoms with E-state index >= 15 is 0 Å². The van der Waals surface area contributed by atoms with Gasteiger partial charge in [0.15, 0.2) is 0 Å². The highest BCUT2D eigenvalue weighted by molar-refractivity contribution is 7.99. The first-order valence-corrected chi connectivity index (χ1v) is 11.3. The minimum Gasteiger partial charge on any atom is -0.398 e. The minimum atomic E-state index is -0.0926. The highest BCUT2D eigenvalue weighted by atomic mass is 35.5. The van der Waals surface area contributed by atoms with Gasteiger partial charge >= 0.3 is 0 Å². The molecule has 2 aliphatic rings. The SMILES string of the molecule is Nc1cccc(Cl)c1C1NC(=S)C(CCN2CCSCC2)c2ccccc21. The number of rotatable bonds is 4. The molecule has 2 heterocycles. The van der Waals surface area contributed by atoms with Gasteiger partial charge in [-0.1, -0.05) is 54.2 Å². The van der Waals surface area contributed by atoms with Crippen LogP contribution in [0.5, 0.6) is 0 Å². The standard InChI is InChI=1S/C21H24ClN3S2/c22-17-6-3-7-18(23)19(17)20-15-5-2-1-4-14(15)16(21(26)24-20)8-9-25-10-12-27-13-11-25/h1-7,16,20H,8-13,23H2,(H,24,26). The molecule has 0 bridgehead atoms. The van der Waals surface area contributed by atoms with Gasteiger partial charge in [-0.15, -0.1) is 0 Å². The smallest absolute Gasteiger partial charge is 0.0837 e. The van der Waals surface area contributed by atoms with Crippen molar-refractivity contribution in [3.05, 3.63) is 64.2 Å². The van der Waals surface area contributed by atoms with Crippen molar-refractivity contribution >= 4 is 46.3 Å². The number of thioether (sulfide) groups is 1. The van der Waals surface area contributed by atoms with Crippen molar-refractivity contribution in [2.45, 2.75) is 18.4 Å². The molecule has 2 aromatic rings. The summed E-state index contributed by atoms with van der Waals surface area (Å²) in [7, 11) is 0. The fourth-order valence-electron chi connectivity index (χ4n) is 4.06. The minimum absolute atomic E-state index is 0.0926. The van der Waals surface area contributed by atoms with Crippen molar-refractivity contribution in [2.75, 3.05) is 36.9 Å². The van der Waals surface area contributed by atoms with Crippen LogP contribution in [0, 0.1) is 0 Å². The fourth-order valence-corrected chi connectivity index (χ4v) is 5.69. The summed E-state index contributed by atoms with van der Waals surface area (Å²) >= 11 is 14.4. The molecule has 2 atom stereocenters. The van der Waals surface area contributed by atoms with Crippen LogP contribution in [0.25, 0.3) is 0 Å². The molecule has 27 heavy (non-hydrogen) atoms. The Morgan fingerprint density at radius 2 is 1.85 bits per heavy atom. The lowest BCUT2D eigenvalue weighted by Gasteiger charge is -2.36. The molecule has 1 fully saturated rings. The first kappa shape index (κ1) is 19.1. The van der Waals surface area contributed by atoms with Crippen LogP contribution in [0.1, 0.15) is 35.1 Å². The number of anilines is 1. The third-order valence-corrected chi connectivity index (χ3v) is 7.17. The number of hydrogen-bond donors (Lipinski definition) is 2. The Bertz CT molecular complexity index is 816. The molecule has 1 saturated heterocycles. The average Bonchev–Trinajstić information content (AvgIpc) is 2.68. The van der Waals surface area contributed by atoms with E-state index < -0.39 is 0 Å². The Morgan fingerprint density at radius 1 is 1.11 bits per heavy atom. The Balaban J connectivity index is 1.63. The maximum atomic E-state index is 6.50. The van der Waals surface area contributed by atoms with Crippen molar-refractivity contribution in [3.63, 3.8) is 0 Å². The molecule has 0 spiro atoms. The van der Waals surface area contributed by atoms with Crippen LogP contribution in [-0.4, -0.2) is 41.0 Å². The number of hydrogen-bond acceptors (Lipinski definition) is 4. The van der Waals surface area contributed by atoms with Crippen LogP contribution in [-0.2, 0) is 0 Å². The number of thiocarbonyl (C=S) groups is 1. The summed E-state index contributed by atoms with van der Waals surface area (Å²) in [4.78, 5) is 3.45. The van der Waals surface area contributed by atoms with Gasteiger partial charge in [-0.05, 0) is 36.2 Å². The zero-order valence-electron chi connectivity index (χ0n) is 15.2. The van der Waals surface area contributed by atoms with Gasteiger partial charge in [0.05, 0.1) is 11.0 Å². The molecular formula is C21H24ClN3S2. The van der Waals surface area contributed by atoms with Crippen LogP contribution in [0.3, 0.4) is 0 Å². The van der Waals surface area contributed by atoms with Crippen LogP contribution in [0.4, 0.5) is 5.69 Å². The monoisotopic (exact) mass is 417 g/mol. The van der Waals surface area contributed by atoms with E-state index in [1.807, 2.05) is 30.0 Å². The predicted octanol–water partition coefficient (Wildman–Crippen LogP) is 4.46. The Labute approximate surface area is 175 Å². The van der Waals surface area contributed by atoms with Gasteiger partial charge < -0.3 is 16.0 Å². The molecule has 0 aromatic heterocycles. The van der Waals surface area contributed by atoms with E-state index in [0.29, 0.717) is 10.7 Å². The molecule has 2 unspecified atom stereocenters. The third-order valence-electron chi connectivity index (χ3n) is 5.50. The number of nitrogens with one attached hydrogen (secondary N) is 1. The lowest BCUT2D eigenvalue weighted by molar-refractivity contribution is 0.295. The molecule has 6 heteroatoms. The maximum Gasteiger partial charge on any atom is 0.0837 e. The third kappa shape index (κ3) is 3.97. The summed E-state index contributed by atoms with van der Waals surface area (Å²) in [6.45, 7) is 3.44. The zero-order valence-corrected chi connectivity index (χ0v) is 17.5. The van der Waals surface area contributed by atoms with Gasteiger partial charge in [-0.25, -0.2) is 0 Å². The summed E-state index contributed by atoms with van der Waals surface area (Å²) in [6, 6.07) is 14.1. The van der Waals surface area contributed by atoms with Gasteiger partial charge in [0.1, 0.15) is 0 Å². The summed E-state index contributed by atoms with van der Waals surface area (Å²) in [6.07, 6.45) is 1.04. The van der Waals surface area contributed by atoms with Crippen LogP contribution >= 0.6 is 35.6 Å². The molecule has 2 aromatic carbocycles. The number of nitrogens with two attached hydrogens (primary N) is 1. The summed E-state index contributed by atoms with van der Waals surface area (Å²) in [5, 5.41) is 4.23. The topological polar surface area (TPSA) is 41.3 Å². The van der Waals surface area contributed by atoms with Crippen molar-refractivity contribution in [1.82, 2.24) is 10.2 Å². The van der Waals surface area contributed by atoms with E-state index in [-0.39, 0.29) is 12.0 Å². The number of nitrogen functional groups attached to an aromatic ring is 1. The van der Waals surface area contributed by atoms with Gasteiger partial charge in [0.2, 0.25) is 0 Å². The Hall–Kier alpha value is -1.27. The number of nitrogens with zero attached hydrogens (tertiary/aromatic N) is 1. The van der Waals surface area contributed by atoms with E-state index in [1.54, 1.807) is 0 Å². The average molecular weight is 418 g/mol. The summed E-state index contributed by atoms with van der Waals surface area (Å²) in [5.74, 6) is 2.71. The molecule has 0 radical (unpaired) electrons. The van der Waals surface area contributed by atoms with Gasteiger partial charge in [0.25, 0.3) is 0 Å². The summed E-state index contributed by atoms with van der Waals surface area (Å²) < 4.78 is 0. The van der Waals surface area contributed by atoms with Crippen molar-refractivity contribution < 1.29 is 0 Å². The van der Waals surface area contributed by atoms with E-state index in [1.165, 1.54) is 35.7 Å². The second-order valence-corrected chi connectivity index (χ2v) is 9.18. The first-order valence-electron chi connectivity index (χ1n) is 9.38. The van der Waals surface area contributed by atoms with Crippen LogP contribution < -0.4 is 11.1 Å². The summed E-state index contributed by atoms with van der Waals surface area (Å²) in [5.41, 5.74) is 10.4. The van der Waals surface area contributed by atoms with Crippen molar-refractivity contribution in [1.29, 1.82) is 0 Å². The number of benzene rings is 2. The fraction of sp³-hybridized carbons (Fsp3) is 0.381. The van der Waals surface area contributed by atoms with Gasteiger partial charge in [-0.3, -0.25) is 0 Å². The normalized spacial score (nSPS) is 22.9. The maximum absolute atomic E-state index is 6.50. The molecule has 4 rings (SSSR count). The molecule has 0 saturated carbocycles. The lowest BCUT2D eigenvalue weighted by Crippen LogP contribution is -2.40. The molecule has 2 aliphatic heterocycles. The molecule has 0 amide bonds. The van der Waals surface area contributed by atoms with E-state index in [2.05, 4.69) is 34.5 Å². The molecular weight excluding hydrogens is 394 g/mol. The lowest BCUT2D eigenvalue weighted by atomic mass is 9.82. The van der Waals surface area contributed by atoms with E-state index in [4.69, 9.17) is 29.6 Å². The Kier molecular flexibility index (Phi) is 5.93. The zero-order chi connectivity index (χ0) is 18.8. The largest absolute Gasteiger partial charge is 0.398 e. The van der Waals surface area contributed by atoms with Crippen molar-refractivity contribution in [3.8, 4) is 0 Å². The Morgan fingerprint density at radius 3 is 2.59 bits per heavy atom. The van der Waals surface area contributed by atoms with Crippen LogP contribution in [0.2, 0.25) is 5.02 Å². The van der Waals surface area contributed by atoms with Crippen LogP contribution in [0.15, 0.2) is 42.5 Å². The van der Waals surface area contributed by atoms with E-state index in [0.717, 1.165) is 23.5 Å². The quantitative estimate of drug-likeness (QED) is 0.567. The molecule has 142 valence electrons. The number of fused-ring (bicyclic) bond motifs is 1. The van der Waals surface area contributed by atoms with Crippen molar-refractivity contribution in [2.24, 2.45) is 0 Å². The molecule has 3 nitrogen and oxygen atoms in total. The van der Waals surface area contributed by atoms with Gasteiger partial charge in [-0.2, -0.15) is 11.8 Å². The predicted molar refractivity (Wildman–Crippen MR) is 121 cm³/mol.